The Morgan fingerprint density at radius 3 is 2.50 bits per heavy atom. The standard InChI is InChI=1S/C16H24N2O2/c1-12(8-9-20-3)17-15(19)18-16(2)10-13-6-4-5-7-14(13)11-16/h4-7,12H,8-11H2,1-3H3,(H2,17,18,19)/t12-/m1/s1. The lowest BCUT2D eigenvalue weighted by atomic mass is 9.99. The zero-order chi connectivity index (χ0) is 14.6. The molecule has 110 valence electrons. The van der Waals surface area contributed by atoms with Gasteiger partial charge in [-0.1, -0.05) is 24.3 Å². The number of nitrogens with one attached hydrogen (secondary N) is 2. The molecule has 2 amide bonds. The fourth-order valence-electron chi connectivity index (χ4n) is 2.79. The zero-order valence-electron chi connectivity index (χ0n) is 12.5. The highest BCUT2D eigenvalue weighted by Gasteiger charge is 2.34. The minimum Gasteiger partial charge on any atom is -0.385 e. The monoisotopic (exact) mass is 276 g/mol. The lowest BCUT2D eigenvalue weighted by Crippen LogP contribution is -2.52. The lowest BCUT2D eigenvalue weighted by molar-refractivity contribution is 0.182. The van der Waals surface area contributed by atoms with Crippen molar-refractivity contribution >= 4 is 6.03 Å². The first-order valence-electron chi connectivity index (χ1n) is 7.17. The van der Waals surface area contributed by atoms with E-state index in [2.05, 4.69) is 41.8 Å². The first-order valence-corrected chi connectivity index (χ1v) is 7.17. The molecule has 0 aliphatic heterocycles. The molecule has 2 N–H and O–H groups in total. The number of rotatable bonds is 5. The average Bonchev–Trinajstić information content (AvgIpc) is 2.71. The van der Waals surface area contributed by atoms with Crippen LogP contribution in [0.4, 0.5) is 4.79 Å². The molecule has 0 saturated carbocycles. The summed E-state index contributed by atoms with van der Waals surface area (Å²) in [4.78, 5) is 12.1. The van der Waals surface area contributed by atoms with Crippen LogP contribution < -0.4 is 10.6 Å². The van der Waals surface area contributed by atoms with Crippen molar-refractivity contribution < 1.29 is 9.53 Å². The summed E-state index contributed by atoms with van der Waals surface area (Å²) in [6.45, 7) is 4.75. The van der Waals surface area contributed by atoms with Gasteiger partial charge in [0.25, 0.3) is 0 Å². The van der Waals surface area contributed by atoms with Crippen molar-refractivity contribution in [1.29, 1.82) is 0 Å². The molecule has 4 nitrogen and oxygen atoms in total. The van der Waals surface area contributed by atoms with E-state index in [4.69, 9.17) is 4.74 Å². The van der Waals surface area contributed by atoms with Crippen molar-refractivity contribution in [3.05, 3.63) is 35.4 Å². The van der Waals surface area contributed by atoms with E-state index < -0.39 is 0 Å². The van der Waals surface area contributed by atoms with Gasteiger partial charge in [0, 0.05) is 25.3 Å². The second-order valence-electron chi connectivity index (χ2n) is 5.96. The van der Waals surface area contributed by atoms with Gasteiger partial charge in [-0.2, -0.15) is 0 Å². The molecule has 0 spiro atoms. The molecule has 0 saturated heterocycles. The van der Waals surface area contributed by atoms with Crippen LogP contribution in [0.5, 0.6) is 0 Å². The van der Waals surface area contributed by atoms with Crippen LogP contribution in [0.15, 0.2) is 24.3 Å². The molecule has 0 radical (unpaired) electrons. The molecule has 1 aliphatic rings. The Labute approximate surface area is 120 Å². The summed E-state index contributed by atoms with van der Waals surface area (Å²) in [5, 5.41) is 6.08. The van der Waals surface area contributed by atoms with E-state index >= 15 is 0 Å². The minimum absolute atomic E-state index is 0.0936. The van der Waals surface area contributed by atoms with E-state index in [9.17, 15) is 4.79 Å². The van der Waals surface area contributed by atoms with Crippen LogP contribution in [0.2, 0.25) is 0 Å². The molecular formula is C16H24N2O2. The van der Waals surface area contributed by atoms with Gasteiger partial charge in [-0.25, -0.2) is 4.79 Å². The summed E-state index contributed by atoms with van der Waals surface area (Å²) in [6, 6.07) is 8.41. The lowest BCUT2D eigenvalue weighted by Gasteiger charge is -2.26. The summed E-state index contributed by atoms with van der Waals surface area (Å²) in [5.41, 5.74) is 2.49. The molecule has 4 heteroatoms. The van der Waals surface area contributed by atoms with E-state index in [1.807, 2.05) is 6.92 Å². The van der Waals surface area contributed by atoms with E-state index in [-0.39, 0.29) is 17.6 Å². The molecule has 1 aliphatic carbocycles. The Morgan fingerprint density at radius 1 is 1.35 bits per heavy atom. The Bertz CT molecular complexity index is 448. The predicted octanol–water partition coefficient (Wildman–Crippen LogP) is 2.27. The van der Waals surface area contributed by atoms with E-state index in [0.29, 0.717) is 6.61 Å². The van der Waals surface area contributed by atoms with Gasteiger partial charge >= 0.3 is 6.03 Å². The number of carbonyl (C=O) groups is 1. The fraction of sp³-hybridized carbons (Fsp3) is 0.562. The number of methoxy groups -OCH3 is 1. The third-order valence-corrected chi connectivity index (χ3v) is 3.83. The zero-order valence-corrected chi connectivity index (χ0v) is 12.5. The second kappa shape index (κ2) is 6.27. The number of urea groups is 1. The first-order chi connectivity index (χ1) is 9.52. The van der Waals surface area contributed by atoms with Gasteiger partial charge < -0.3 is 15.4 Å². The van der Waals surface area contributed by atoms with E-state index in [1.165, 1.54) is 11.1 Å². The summed E-state index contributed by atoms with van der Waals surface area (Å²) in [7, 11) is 1.67. The highest BCUT2D eigenvalue weighted by atomic mass is 16.5. The number of carbonyl (C=O) groups excluding carboxylic acids is 1. The van der Waals surface area contributed by atoms with Crippen LogP contribution in [0.3, 0.4) is 0 Å². The summed E-state index contributed by atoms with van der Waals surface area (Å²) >= 11 is 0. The molecule has 0 aromatic heterocycles. The first kappa shape index (κ1) is 14.9. The molecule has 0 bridgehead atoms. The quantitative estimate of drug-likeness (QED) is 0.867. The van der Waals surface area contributed by atoms with E-state index in [1.54, 1.807) is 7.11 Å². The Morgan fingerprint density at radius 2 is 1.95 bits per heavy atom. The number of amides is 2. The highest BCUT2D eigenvalue weighted by Crippen LogP contribution is 2.29. The van der Waals surface area contributed by atoms with Gasteiger partial charge in [0.1, 0.15) is 0 Å². The molecule has 1 aromatic rings. The maximum atomic E-state index is 12.1. The molecule has 0 fully saturated rings. The van der Waals surface area contributed by atoms with Crippen LogP contribution >= 0.6 is 0 Å². The Hall–Kier alpha value is -1.55. The summed E-state index contributed by atoms with van der Waals surface area (Å²) in [5.74, 6) is 0. The van der Waals surface area contributed by atoms with Crippen molar-refractivity contribution in [1.82, 2.24) is 10.6 Å². The van der Waals surface area contributed by atoms with Crippen LogP contribution in [0, 0.1) is 0 Å². The average molecular weight is 276 g/mol. The summed E-state index contributed by atoms with van der Waals surface area (Å²) in [6.07, 6.45) is 2.60. The van der Waals surface area contributed by atoms with E-state index in [0.717, 1.165) is 19.3 Å². The van der Waals surface area contributed by atoms with Crippen molar-refractivity contribution in [2.24, 2.45) is 0 Å². The van der Waals surface area contributed by atoms with Crippen LogP contribution in [0.25, 0.3) is 0 Å². The molecule has 0 heterocycles. The maximum Gasteiger partial charge on any atom is 0.315 e. The number of ether oxygens (including phenoxy) is 1. The summed E-state index contributed by atoms with van der Waals surface area (Å²) < 4.78 is 5.02. The fourth-order valence-corrected chi connectivity index (χ4v) is 2.79. The smallest absolute Gasteiger partial charge is 0.315 e. The molecular weight excluding hydrogens is 252 g/mol. The molecule has 1 atom stereocenters. The van der Waals surface area contributed by atoms with Crippen LogP contribution in [0.1, 0.15) is 31.4 Å². The van der Waals surface area contributed by atoms with Crippen molar-refractivity contribution in [2.45, 2.75) is 44.7 Å². The van der Waals surface area contributed by atoms with Crippen molar-refractivity contribution in [2.75, 3.05) is 13.7 Å². The van der Waals surface area contributed by atoms with Gasteiger partial charge in [0.05, 0.1) is 0 Å². The molecule has 20 heavy (non-hydrogen) atoms. The van der Waals surface area contributed by atoms with Gasteiger partial charge in [-0.3, -0.25) is 0 Å². The second-order valence-corrected chi connectivity index (χ2v) is 5.96. The van der Waals surface area contributed by atoms with Gasteiger partial charge in [-0.05, 0) is 44.2 Å². The SMILES string of the molecule is COCC[C@@H](C)NC(=O)NC1(C)Cc2ccccc2C1. The molecule has 2 rings (SSSR count). The van der Waals surface area contributed by atoms with Crippen molar-refractivity contribution in [3.8, 4) is 0 Å². The predicted molar refractivity (Wildman–Crippen MR) is 79.9 cm³/mol. The number of hydrogen-bond acceptors (Lipinski definition) is 2. The van der Waals surface area contributed by atoms with Gasteiger partial charge in [0.15, 0.2) is 0 Å². The van der Waals surface area contributed by atoms with Crippen LogP contribution in [-0.4, -0.2) is 31.3 Å². The maximum absolute atomic E-state index is 12.1. The minimum atomic E-state index is -0.186. The highest BCUT2D eigenvalue weighted by molar-refractivity contribution is 5.75. The molecule has 1 aromatic carbocycles. The third-order valence-electron chi connectivity index (χ3n) is 3.83. The Balaban J connectivity index is 1.86. The molecule has 0 unspecified atom stereocenters. The number of hydrogen-bond donors (Lipinski definition) is 2. The number of benzene rings is 1. The third kappa shape index (κ3) is 3.73. The van der Waals surface area contributed by atoms with Gasteiger partial charge in [0.2, 0.25) is 0 Å². The van der Waals surface area contributed by atoms with Gasteiger partial charge in [-0.15, -0.1) is 0 Å². The topological polar surface area (TPSA) is 50.4 Å². The largest absolute Gasteiger partial charge is 0.385 e. The number of fused-ring (bicyclic) bond motifs is 1. The van der Waals surface area contributed by atoms with Crippen LogP contribution in [-0.2, 0) is 17.6 Å². The van der Waals surface area contributed by atoms with Crippen molar-refractivity contribution in [3.63, 3.8) is 0 Å². The normalized spacial score (nSPS) is 17.4. The Kier molecular flexibility index (Phi) is 4.65.